The van der Waals surface area contributed by atoms with Crippen LogP contribution in [0.4, 0.5) is 11.4 Å². The van der Waals surface area contributed by atoms with E-state index in [0.29, 0.717) is 23.7 Å². The van der Waals surface area contributed by atoms with Gasteiger partial charge in [0.05, 0.1) is 0 Å². The van der Waals surface area contributed by atoms with E-state index in [1.54, 1.807) is 0 Å². The van der Waals surface area contributed by atoms with Crippen LogP contribution in [-0.4, -0.2) is 7.73 Å². The Morgan fingerprint density at radius 1 is 0.706 bits per heavy atom. The standard InChI is InChI=1S/C29H43N2P2Si/c1-18(2)24-13-11-14-25(19(3)4)28(24)30-22(9)17-23(10)31(34(30,32)33)29-26(20(5)6)15-12-16-27(29)21(7)8/h11-21,32H,9,33H2,1-8,10H3/q-1. The number of allylic oxidation sites excluding steroid dienone is 2. The first-order chi connectivity index (χ1) is 15.8. The molecule has 0 saturated heterocycles. The van der Waals surface area contributed by atoms with Crippen LogP contribution < -0.4 is 9.13 Å². The first-order valence-electron chi connectivity index (χ1n) is 12.6. The van der Waals surface area contributed by atoms with Crippen molar-refractivity contribution in [2.75, 3.05) is 9.13 Å². The Labute approximate surface area is 214 Å². The third kappa shape index (κ3) is 4.82. The normalized spacial score (nSPS) is 19.1. The lowest BCUT2D eigenvalue weighted by Gasteiger charge is -2.58. The van der Waals surface area contributed by atoms with Crippen LogP contribution >= 0.6 is 17.6 Å². The molecule has 2 aromatic rings. The number of hydrogen-bond acceptors (Lipinski definition) is 2. The van der Waals surface area contributed by atoms with Gasteiger partial charge in [0.2, 0.25) is 0 Å². The lowest BCUT2D eigenvalue weighted by molar-refractivity contribution is 0.824. The molecule has 2 nitrogen and oxygen atoms in total. The average Bonchev–Trinajstić information content (AvgIpc) is 2.72. The lowest BCUT2D eigenvalue weighted by atomic mass is 9.92. The minimum Gasteiger partial charge on any atom is -0.509 e. The van der Waals surface area contributed by atoms with Crippen molar-refractivity contribution in [3.8, 4) is 0 Å². The second-order valence-corrected chi connectivity index (χ2v) is 19.6. The van der Waals surface area contributed by atoms with E-state index in [2.05, 4.69) is 138 Å². The number of rotatable bonds is 6. The number of hydrogen-bond donors (Lipinski definition) is 0. The van der Waals surface area contributed by atoms with Gasteiger partial charge < -0.3 is 17.9 Å². The molecule has 184 valence electrons. The zero-order chi connectivity index (χ0) is 25.5. The number of nitrogens with zero attached hydrogens (tertiary/aromatic N) is 2. The molecule has 2 unspecified atom stereocenters. The predicted octanol–water partition coefficient (Wildman–Crippen LogP) is 9.38. The van der Waals surface area contributed by atoms with Crippen LogP contribution in [0.25, 0.3) is 0 Å². The summed E-state index contributed by atoms with van der Waals surface area (Å²) < 4.78 is 5.11. The van der Waals surface area contributed by atoms with Gasteiger partial charge in [-0.1, -0.05) is 98.4 Å². The minimum absolute atomic E-state index is 0.414. The Balaban J connectivity index is 2.38. The van der Waals surface area contributed by atoms with Crippen LogP contribution in [0.2, 0.25) is 0 Å². The Bertz CT molecular complexity index is 1050. The van der Waals surface area contributed by atoms with Gasteiger partial charge in [-0.2, -0.15) is 0 Å². The third-order valence-electron chi connectivity index (χ3n) is 6.83. The predicted molar refractivity (Wildman–Crippen MR) is 161 cm³/mol. The lowest BCUT2D eigenvalue weighted by Crippen LogP contribution is -2.60. The van der Waals surface area contributed by atoms with Gasteiger partial charge >= 0.3 is 0 Å². The van der Waals surface area contributed by atoms with E-state index in [1.165, 1.54) is 39.3 Å². The van der Waals surface area contributed by atoms with Gasteiger partial charge in [-0.15, -0.1) is 8.79 Å². The molecule has 2 atom stereocenters. The maximum atomic E-state index is 4.58. The molecule has 0 amide bonds. The van der Waals surface area contributed by atoms with Gasteiger partial charge in [-0.3, -0.25) is 0 Å². The molecule has 0 N–H and O–H groups in total. The molecule has 0 radical (unpaired) electrons. The van der Waals surface area contributed by atoms with Crippen molar-refractivity contribution in [2.45, 2.75) is 86.0 Å². The van der Waals surface area contributed by atoms with Crippen molar-refractivity contribution >= 4 is 36.7 Å². The Hall–Kier alpha value is -1.40. The fraction of sp³-hybridized carbons (Fsp3) is 0.448. The minimum atomic E-state index is -2.55. The van der Waals surface area contributed by atoms with Crippen LogP contribution in [0.5, 0.6) is 0 Å². The summed E-state index contributed by atoms with van der Waals surface area (Å²) in [7, 11) is 5.15. The molecule has 34 heavy (non-hydrogen) atoms. The average molecular weight is 510 g/mol. The summed E-state index contributed by atoms with van der Waals surface area (Å²) in [5.74, 6) is 1.68. The van der Waals surface area contributed by atoms with E-state index in [9.17, 15) is 0 Å². The molecule has 1 heterocycles. The maximum Gasteiger partial charge on any atom is 0.132 e. The summed E-state index contributed by atoms with van der Waals surface area (Å²) in [5, 5.41) is 0. The van der Waals surface area contributed by atoms with E-state index in [4.69, 9.17) is 0 Å². The van der Waals surface area contributed by atoms with Gasteiger partial charge in [0.1, 0.15) is 7.73 Å². The Morgan fingerprint density at radius 3 is 1.35 bits per heavy atom. The van der Waals surface area contributed by atoms with Gasteiger partial charge in [0.25, 0.3) is 0 Å². The summed E-state index contributed by atoms with van der Waals surface area (Å²) in [6, 6.07) is 13.6. The first-order valence-corrected chi connectivity index (χ1v) is 17.8. The third-order valence-corrected chi connectivity index (χ3v) is 12.2. The van der Waals surface area contributed by atoms with E-state index in [1.807, 2.05) is 0 Å². The van der Waals surface area contributed by atoms with Gasteiger partial charge in [0.15, 0.2) is 0 Å². The van der Waals surface area contributed by atoms with E-state index in [-0.39, 0.29) is 0 Å². The highest BCUT2D eigenvalue weighted by Gasteiger charge is 2.39. The van der Waals surface area contributed by atoms with Gasteiger partial charge in [-0.25, -0.2) is 0 Å². The van der Waals surface area contributed by atoms with Crippen LogP contribution in [0.3, 0.4) is 0 Å². The van der Waals surface area contributed by atoms with Crippen LogP contribution in [-0.2, 0) is 0 Å². The van der Waals surface area contributed by atoms with Crippen molar-refractivity contribution in [3.05, 3.63) is 82.7 Å². The fourth-order valence-corrected chi connectivity index (χ4v) is 11.2. The van der Waals surface area contributed by atoms with Crippen molar-refractivity contribution in [1.82, 2.24) is 0 Å². The van der Waals surface area contributed by atoms with Crippen molar-refractivity contribution in [3.63, 3.8) is 0 Å². The van der Waals surface area contributed by atoms with E-state index < -0.39 is 7.73 Å². The molecule has 0 aliphatic carbocycles. The molecule has 0 bridgehead atoms. The Morgan fingerprint density at radius 2 is 1.03 bits per heavy atom. The highest BCUT2D eigenvalue weighted by molar-refractivity contribution is 8.01. The monoisotopic (exact) mass is 509 g/mol. The summed E-state index contributed by atoms with van der Waals surface area (Å²) >= 11 is 0. The molecule has 1 aliphatic heterocycles. The zero-order valence-corrected chi connectivity index (χ0v) is 25.7. The van der Waals surface area contributed by atoms with Crippen LogP contribution in [0, 0.1) is 0 Å². The van der Waals surface area contributed by atoms with Crippen molar-refractivity contribution in [1.29, 1.82) is 0 Å². The molecule has 1 aliphatic rings. The first kappa shape index (κ1) is 27.2. The molecule has 3 rings (SSSR count). The largest absolute Gasteiger partial charge is 0.509 e. The maximum absolute atomic E-state index is 4.58. The highest BCUT2D eigenvalue weighted by atomic mass is 31.6. The fourth-order valence-electron chi connectivity index (χ4n) is 5.16. The molecule has 0 spiro atoms. The van der Waals surface area contributed by atoms with E-state index >= 15 is 0 Å². The molecule has 0 aromatic heterocycles. The second-order valence-electron chi connectivity index (χ2n) is 10.9. The van der Waals surface area contributed by atoms with E-state index in [0.717, 1.165) is 5.70 Å². The number of para-hydroxylation sites is 2. The van der Waals surface area contributed by atoms with Gasteiger partial charge in [-0.05, 0) is 58.9 Å². The zero-order valence-electron chi connectivity index (χ0n) is 22.5. The topological polar surface area (TPSA) is 6.48 Å². The summed E-state index contributed by atoms with van der Waals surface area (Å²) in [6.07, 6.45) is 2.26. The van der Waals surface area contributed by atoms with Crippen molar-refractivity contribution in [2.24, 2.45) is 0 Å². The Kier molecular flexibility index (Phi) is 8.23. The van der Waals surface area contributed by atoms with Crippen molar-refractivity contribution < 1.29 is 0 Å². The summed E-state index contributed by atoms with van der Waals surface area (Å²) in [5.41, 5.74) is 10.5. The summed E-state index contributed by atoms with van der Waals surface area (Å²) in [4.78, 5) is 0. The van der Waals surface area contributed by atoms with Crippen LogP contribution in [0.1, 0.15) is 108 Å². The number of benzene rings is 2. The molecule has 5 heteroatoms. The highest BCUT2D eigenvalue weighted by Crippen LogP contribution is 2.51. The molecular weight excluding hydrogens is 466 g/mol. The molecular formula is C29H43N2P2Si-. The smallest absolute Gasteiger partial charge is 0.132 e. The molecule has 0 saturated carbocycles. The number of anilines is 2. The van der Waals surface area contributed by atoms with Crippen LogP contribution in [0.15, 0.2) is 60.4 Å². The molecule has 0 fully saturated rings. The molecule has 2 aromatic carbocycles. The summed E-state index contributed by atoms with van der Waals surface area (Å²) in [6.45, 7) is 25.2. The second kappa shape index (κ2) is 10.3. The SMILES string of the molecule is C=C1C=C(C)N(c2c(C(C)C)cccc2C(C)C)[Si]([PH-])(P)N1c1c(C(C)C)cccc1C(C)C. The quantitative estimate of drug-likeness (QED) is 0.283. The van der Waals surface area contributed by atoms with Gasteiger partial charge in [0, 0.05) is 22.8 Å².